The highest BCUT2D eigenvalue weighted by molar-refractivity contribution is 14.1. The average Bonchev–Trinajstić information content (AvgIpc) is 2.40. The van der Waals surface area contributed by atoms with Crippen LogP contribution in [0.5, 0.6) is 0 Å². The number of halogens is 1. The second-order valence-corrected chi connectivity index (χ2v) is 4.82. The molecule has 1 heterocycles. The lowest BCUT2D eigenvalue weighted by Gasteiger charge is -2.08. The second-order valence-electron chi connectivity index (χ2n) is 3.66. The molecule has 18 heavy (non-hydrogen) atoms. The largest absolute Gasteiger partial charge is 0.282 e. The van der Waals surface area contributed by atoms with Gasteiger partial charge in [-0.2, -0.15) is 0 Å². The minimum Gasteiger partial charge on any atom is -0.282 e. The maximum absolute atomic E-state index is 11.7. The Hall–Kier alpha value is -1.63. The van der Waals surface area contributed by atoms with Crippen LogP contribution in [0.25, 0.3) is 0 Å². The van der Waals surface area contributed by atoms with E-state index in [0.29, 0.717) is 12.2 Å². The highest BCUT2D eigenvalue weighted by atomic mass is 127. The van der Waals surface area contributed by atoms with Gasteiger partial charge in [0.25, 0.3) is 0 Å². The van der Waals surface area contributed by atoms with Crippen molar-refractivity contribution in [1.82, 2.24) is 10.4 Å². The van der Waals surface area contributed by atoms with Gasteiger partial charge in [0.15, 0.2) is 0 Å². The molecular formula is C13H12IN3O. The van der Waals surface area contributed by atoms with Gasteiger partial charge in [0, 0.05) is 9.77 Å². The number of carbonyl (C=O) groups excluding carboxylic acids is 1. The summed E-state index contributed by atoms with van der Waals surface area (Å²) in [5.74, 6) is 0.526. The molecule has 0 aliphatic heterocycles. The Kier molecular flexibility index (Phi) is 4.52. The zero-order valence-corrected chi connectivity index (χ0v) is 11.7. The Balaban J connectivity index is 1.88. The van der Waals surface area contributed by atoms with Crippen LogP contribution in [0.4, 0.5) is 5.82 Å². The number of anilines is 1. The Bertz CT molecular complexity index is 531. The van der Waals surface area contributed by atoms with E-state index in [1.807, 2.05) is 36.4 Å². The molecular weight excluding hydrogens is 341 g/mol. The van der Waals surface area contributed by atoms with E-state index in [-0.39, 0.29) is 5.91 Å². The summed E-state index contributed by atoms with van der Waals surface area (Å²) in [5.41, 5.74) is 6.40. The topological polar surface area (TPSA) is 54.0 Å². The first-order valence-corrected chi connectivity index (χ1v) is 6.53. The SMILES string of the molecule is O=C(Cc1ccccc1I)NNc1ccccn1. The zero-order valence-electron chi connectivity index (χ0n) is 9.56. The zero-order chi connectivity index (χ0) is 12.8. The van der Waals surface area contributed by atoms with Crippen molar-refractivity contribution in [2.24, 2.45) is 0 Å². The van der Waals surface area contributed by atoms with Crippen LogP contribution in [0.2, 0.25) is 0 Å². The molecule has 0 fully saturated rings. The van der Waals surface area contributed by atoms with E-state index in [1.54, 1.807) is 12.3 Å². The summed E-state index contributed by atoms with van der Waals surface area (Å²) < 4.78 is 1.09. The van der Waals surface area contributed by atoms with Gasteiger partial charge in [0.2, 0.25) is 5.91 Å². The van der Waals surface area contributed by atoms with Gasteiger partial charge >= 0.3 is 0 Å². The maximum Gasteiger partial charge on any atom is 0.242 e. The van der Waals surface area contributed by atoms with Gasteiger partial charge in [-0.15, -0.1) is 0 Å². The number of nitrogens with zero attached hydrogens (tertiary/aromatic N) is 1. The third-order valence-corrected chi connectivity index (χ3v) is 3.36. The number of benzene rings is 1. The van der Waals surface area contributed by atoms with Gasteiger partial charge < -0.3 is 0 Å². The summed E-state index contributed by atoms with van der Waals surface area (Å²) in [5, 5.41) is 0. The summed E-state index contributed by atoms with van der Waals surface area (Å²) in [6.07, 6.45) is 2.01. The van der Waals surface area contributed by atoms with Gasteiger partial charge in [-0.25, -0.2) is 4.98 Å². The molecule has 5 heteroatoms. The van der Waals surface area contributed by atoms with Crippen LogP contribution < -0.4 is 10.9 Å². The van der Waals surface area contributed by atoms with Crippen molar-refractivity contribution in [3.05, 3.63) is 57.8 Å². The number of nitrogens with one attached hydrogen (secondary N) is 2. The van der Waals surface area contributed by atoms with Crippen LogP contribution in [-0.4, -0.2) is 10.9 Å². The van der Waals surface area contributed by atoms with E-state index < -0.39 is 0 Å². The molecule has 0 aliphatic rings. The summed E-state index contributed by atoms with van der Waals surface area (Å²) in [6, 6.07) is 13.3. The molecule has 0 bridgehead atoms. The highest BCUT2D eigenvalue weighted by Crippen LogP contribution is 2.11. The van der Waals surface area contributed by atoms with Crippen LogP contribution in [0, 0.1) is 3.57 Å². The Morgan fingerprint density at radius 3 is 2.67 bits per heavy atom. The molecule has 1 aromatic carbocycles. The minimum absolute atomic E-state index is 0.0928. The fraction of sp³-hybridized carbons (Fsp3) is 0.0769. The number of hydrazine groups is 1. The number of rotatable bonds is 4. The monoisotopic (exact) mass is 353 g/mol. The van der Waals surface area contributed by atoms with Crippen molar-refractivity contribution in [2.75, 3.05) is 5.43 Å². The molecule has 1 aromatic heterocycles. The van der Waals surface area contributed by atoms with Crippen molar-refractivity contribution in [1.29, 1.82) is 0 Å². The smallest absolute Gasteiger partial charge is 0.242 e. The molecule has 2 aromatic rings. The Labute approximate surface area is 119 Å². The molecule has 4 nitrogen and oxygen atoms in total. The van der Waals surface area contributed by atoms with Crippen LogP contribution in [0.3, 0.4) is 0 Å². The number of pyridine rings is 1. The molecule has 0 spiro atoms. The molecule has 0 atom stereocenters. The lowest BCUT2D eigenvalue weighted by atomic mass is 10.1. The summed E-state index contributed by atoms with van der Waals surface area (Å²) in [4.78, 5) is 15.8. The number of carbonyl (C=O) groups is 1. The van der Waals surface area contributed by atoms with E-state index in [4.69, 9.17) is 0 Å². The molecule has 1 amide bonds. The van der Waals surface area contributed by atoms with Gasteiger partial charge in [0.1, 0.15) is 5.82 Å². The van der Waals surface area contributed by atoms with Crippen LogP contribution in [0.1, 0.15) is 5.56 Å². The summed E-state index contributed by atoms with van der Waals surface area (Å²) in [7, 11) is 0. The molecule has 92 valence electrons. The van der Waals surface area contributed by atoms with Crippen molar-refractivity contribution < 1.29 is 4.79 Å². The first-order valence-electron chi connectivity index (χ1n) is 5.45. The van der Waals surface area contributed by atoms with E-state index in [2.05, 4.69) is 38.4 Å². The third kappa shape index (κ3) is 3.69. The average molecular weight is 353 g/mol. The predicted octanol–water partition coefficient (Wildman–Crippen LogP) is 2.37. The van der Waals surface area contributed by atoms with Crippen LogP contribution >= 0.6 is 22.6 Å². The first-order chi connectivity index (χ1) is 8.75. The molecule has 0 saturated carbocycles. The highest BCUT2D eigenvalue weighted by Gasteiger charge is 2.05. The Morgan fingerprint density at radius 2 is 1.94 bits per heavy atom. The molecule has 2 rings (SSSR count). The third-order valence-electron chi connectivity index (χ3n) is 2.30. The first kappa shape index (κ1) is 12.8. The summed E-state index contributed by atoms with van der Waals surface area (Å²) in [6.45, 7) is 0. The lowest BCUT2D eigenvalue weighted by molar-refractivity contribution is -0.119. The Morgan fingerprint density at radius 1 is 1.17 bits per heavy atom. The number of aromatic nitrogens is 1. The lowest BCUT2D eigenvalue weighted by Crippen LogP contribution is -2.31. The van der Waals surface area contributed by atoms with Crippen molar-refractivity contribution in [3.8, 4) is 0 Å². The van der Waals surface area contributed by atoms with Crippen LogP contribution in [0.15, 0.2) is 48.7 Å². The van der Waals surface area contributed by atoms with Gasteiger partial charge in [-0.1, -0.05) is 24.3 Å². The standard InChI is InChI=1S/C13H12IN3O/c14-11-6-2-1-5-10(11)9-13(18)17-16-12-7-3-4-8-15-12/h1-8H,9H2,(H,15,16)(H,17,18). The molecule has 0 aliphatic carbocycles. The van der Waals surface area contributed by atoms with Crippen LogP contribution in [-0.2, 0) is 11.2 Å². The minimum atomic E-state index is -0.0928. The fourth-order valence-corrected chi connectivity index (χ4v) is 2.01. The van der Waals surface area contributed by atoms with Gasteiger partial charge in [-0.05, 0) is 46.4 Å². The summed E-state index contributed by atoms with van der Waals surface area (Å²) >= 11 is 2.22. The molecule has 0 unspecified atom stereocenters. The molecule has 2 N–H and O–H groups in total. The normalized spacial score (nSPS) is 9.83. The van der Waals surface area contributed by atoms with E-state index in [1.165, 1.54) is 0 Å². The molecule has 0 saturated heterocycles. The number of hydrogen-bond acceptors (Lipinski definition) is 3. The van der Waals surface area contributed by atoms with E-state index in [9.17, 15) is 4.79 Å². The number of amides is 1. The molecule has 0 radical (unpaired) electrons. The maximum atomic E-state index is 11.7. The quantitative estimate of drug-likeness (QED) is 0.656. The fourth-order valence-electron chi connectivity index (χ4n) is 1.43. The van der Waals surface area contributed by atoms with Gasteiger partial charge in [-0.3, -0.25) is 15.6 Å². The number of hydrogen-bond donors (Lipinski definition) is 2. The van der Waals surface area contributed by atoms with Crippen molar-refractivity contribution in [2.45, 2.75) is 6.42 Å². The predicted molar refractivity (Wildman–Crippen MR) is 78.9 cm³/mol. The van der Waals surface area contributed by atoms with E-state index >= 15 is 0 Å². The van der Waals surface area contributed by atoms with Gasteiger partial charge in [0.05, 0.1) is 6.42 Å². The van der Waals surface area contributed by atoms with Crippen molar-refractivity contribution >= 4 is 34.3 Å². The van der Waals surface area contributed by atoms with E-state index in [0.717, 1.165) is 9.13 Å². The van der Waals surface area contributed by atoms with Crippen molar-refractivity contribution in [3.63, 3.8) is 0 Å². The second kappa shape index (κ2) is 6.34.